The van der Waals surface area contributed by atoms with Crippen molar-refractivity contribution in [1.29, 1.82) is 0 Å². The summed E-state index contributed by atoms with van der Waals surface area (Å²) in [5, 5.41) is 18.3. The first kappa shape index (κ1) is 52.4. The summed E-state index contributed by atoms with van der Waals surface area (Å²) in [4.78, 5) is 34.9. The molecule has 0 bridgehead atoms. The van der Waals surface area contributed by atoms with Crippen molar-refractivity contribution < 1.29 is 47.8 Å². The number of aliphatic hydroxyl groups excluding tert-OH is 2. The third kappa shape index (κ3) is 39.4. The van der Waals surface area contributed by atoms with Gasteiger partial charge in [-0.2, -0.15) is 0 Å². The average Bonchev–Trinajstić information content (AvgIpc) is 3.17. The maximum atomic E-state index is 12.6. The second-order valence-electron chi connectivity index (χ2n) is 13.7. The SMILES string of the molecule is CCCCC/C=C\C/C=C\C/C=C\CCCCCCC(=O)OC[C@H](COP(=O)(O)OC[C@@H](O)CO)OC(=O)CCCC/C=C\C/C=C\C/C=C\CCCCC. The largest absolute Gasteiger partial charge is 0.472 e. The van der Waals surface area contributed by atoms with Crippen molar-refractivity contribution in [2.24, 2.45) is 0 Å². The highest BCUT2D eigenvalue weighted by molar-refractivity contribution is 7.47. The van der Waals surface area contributed by atoms with E-state index in [1.54, 1.807) is 0 Å². The fourth-order valence-corrected chi connectivity index (χ4v) is 5.85. The molecule has 3 N–H and O–H groups in total. The van der Waals surface area contributed by atoms with Crippen LogP contribution in [0, 0.1) is 0 Å². The van der Waals surface area contributed by atoms with E-state index in [1.165, 1.54) is 44.9 Å². The number of carbonyl (C=O) groups excluding carboxylic acids is 2. The number of rotatable bonds is 38. The van der Waals surface area contributed by atoms with Crippen molar-refractivity contribution in [3.8, 4) is 0 Å². The molecule has 0 fully saturated rings. The standard InChI is InChI=1S/C44H75O10P/c1-3-5-7-9-11-13-15-17-19-20-22-23-25-27-29-31-33-35-43(47)51-39-42(40-53-55(49,50)52-38-41(46)37-45)54-44(48)36-34-32-30-28-26-24-21-18-16-14-12-10-8-6-4-2/h11-14,17-19,21-23,26,28,41-42,45-46H,3-10,15-16,20,24-25,27,29-40H2,1-2H3,(H,49,50)/b13-11-,14-12-,19-17-,21-18-,23-22-,28-26-/t41-,42+/m0/s1. The topological polar surface area (TPSA) is 149 Å². The molecule has 0 radical (unpaired) electrons. The molecule has 1 unspecified atom stereocenters. The van der Waals surface area contributed by atoms with Crippen molar-refractivity contribution >= 4 is 19.8 Å². The number of aliphatic hydroxyl groups is 2. The Kier molecular flexibility index (Phi) is 37.8. The van der Waals surface area contributed by atoms with Gasteiger partial charge in [0.2, 0.25) is 0 Å². The van der Waals surface area contributed by atoms with Crippen LogP contribution in [0.4, 0.5) is 0 Å². The molecule has 0 spiro atoms. The quantitative estimate of drug-likeness (QED) is 0.0239. The first-order valence-electron chi connectivity index (χ1n) is 20.9. The van der Waals surface area contributed by atoms with Gasteiger partial charge in [0, 0.05) is 12.8 Å². The van der Waals surface area contributed by atoms with Gasteiger partial charge in [-0.3, -0.25) is 18.6 Å². The molecule has 0 saturated carbocycles. The van der Waals surface area contributed by atoms with E-state index in [1.807, 2.05) is 0 Å². The van der Waals surface area contributed by atoms with Gasteiger partial charge in [-0.05, 0) is 89.9 Å². The van der Waals surface area contributed by atoms with E-state index in [-0.39, 0.29) is 19.4 Å². The summed E-state index contributed by atoms with van der Waals surface area (Å²) in [7, 11) is -4.64. The van der Waals surface area contributed by atoms with E-state index in [9.17, 15) is 24.2 Å². The van der Waals surface area contributed by atoms with Gasteiger partial charge in [-0.1, -0.05) is 125 Å². The zero-order chi connectivity index (χ0) is 40.5. The molecular weight excluding hydrogens is 719 g/mol. The molecule has 0 heterocycles. The number of carbonyl (C=O) groups is 2. The molecule has 0 aliphatic rings. The lowest BCUT2D eigenvalue weighted by Crippen LogP contribution is -2.29. The third-order valence-corrected chi connectivity index (χ3v) is 9.28. The smallest absolute Gasteiger partial charge is 0.462 e. The van der Waals surface area contributed by atoms with Crippen LogP contribution < -0.4 is 0 Å². The molecule has 0 aromatic carbocycles. The summed E-state index contributed by atoms with van der Waals surface area (Å²) in [5.41, 5.74) is 0. The van der Waals surface area contributed by atoms with Gasteiger partial charge < -0.3 is 24.6 Å². The first-order chi connectivity index (χ1) is 26.7. The minimum Gasteiger partial charge on any atom is -0.462 e. The van der Waals surface area contributed by atoms with Crippen LogP contribution in [0.1, 0.15) is 155 Å². The zero-order valence-electron chi connectivity index (χ0n) is 34.1. The summed E-state index contributed by atoms with van der Waals surface area (Å²) in [6.45, 7) is 2.23. The Morgan fingerprint density at radius 1 is 0.545 bits per heavy atom. The molecule has 0 aliphatic heterocycles. The van der Waals surface area contributed by atoms with Crippen molar-refractivity contribution in [1.82, 2.24) is 0 Å². The number of esters is 2. The summed E-state index contributed by atoms with van der Waals surface area (Å²) < 4.78 is 32.6. The van der Waals surface area contributed by atoms with Crippen molar-refractivity contribution in [2.75, 3.05) is 26.4 Å². The Morgan fingerprint density at radius 2 is 0.945 bits per heavy atom. The van der Waals surface area contributed by atoms with Gasteiger partial charge in [-0.15, -0.1) is 0 Å². The lowest BCUT2D eigenvalue weighted by Gasteiger charge is -2.20. The second kappa shape index (κ2) is 39.6. The number of unbranched alkanes of at least 4 members (excludes halogenated alkanes) is 12. The van der Waals surface area contributed by atoms with E-state index < -0.39 is 51.8 Å². The normalized spacial score (nSPS) is 14.6. The summed E-state index contributed by atoms with van der Waals surface area (Å²) in [6, 6.07) is 0. The summed E-state index contributed by atoms with van der Waals surface area (Å²) >= 11 is 0. The van der Waals surface area contributed by atoms with Crippen LogP contribution >= 0.6 is 7.82 Å². The van der Waals surface area contributed by atoms with E-state index in [0.717, 1.165) is 70.6 Å². The molecule has 0 rings (SSSR count). The molecule has 316 valence electrons. The third-order valence-electron chi connectivity index (χ3n) is 8.33. The first-order valence-corrected chi connectivity index (χ1v) is 22.4. The maximum Gasteiger partial charge on any atom is 0.472 e. The number of allylic oxidation sites excluding steroid dienone is 12. The Hall–Kier alpha value is -2.59. The van der Waals surface area contributed by atoms with Crippen LogP contribution in [0.2, 0.25) is 0 Å². The fourth-order valence-electron chi connectivity index (χ4n) is 5.06. The van der Waals surface area contributed by atoms with Crippen LogP contribution in [0.25, 0.3) is 0 Å². The van der Waals surface area contributed by atoms with Crippen LogP contribution in [-0.2, 0) is 32.7 Å². The maximum absolute atomic E-state index is 12.6. The van der Waals surface area contributed by atoms with Crippen molar-refractivity contribution in [2.45, 2.75) is 167 Å². The van der Waals surface area contributed by atoms with Crippen LogP contribution in [-0.4, -0.2) is 65.7 Å². The van der Waals surface area contributed by atoms with Gasteiger partial charge in [0.1, 0.15) is 12.7 Å². The highest BCUT2D eigenvalue weighted by Gasteiger charge is 2.27. The Bertz CT molecular complexity index is 1140. The van der Waals surface area contributed by atoms with E-state index in [4.69, 9.17) is 19.1 Å². The highest BCUT2D eigenvalue weighted by Crippen LogP contribution is 2.43. The van der Waals surface area contributed by atoms with E-state index in [0.29, 0.717) is 12.8 Å². The molecule has 0 amide bonds. The number of hydrogen-bond donors (Lipinski definition) is 3. The second-order valence-corrected chi connectivity index (χ2v) is 15.1. The van der Waals surface area contributed by atoms with Gasteiger partial charge in [0.05, 0.1) is 19.8 Å². The van der Waals surface area contributed by atoms with E-state index >= 15 is 0 Å². The number of phosphoric ester groups is 1. The predicted molar refractivity (Wildman–Crippen MR) is 223 cm³/mol. The van der Waals surface area contributed by atoms with Crippen LogP contribution in [0.15, 0.2) is 72.9 Å². The fraction of sp³-hybridized carbons (Fsp3) is 0.682. The molecule has 55 heavy (non-hydrogen) atoms. The van der Waals surface area contributed by atoms with E-state index in [2.05, 4.69) is 91.3 Å². The Morgan fingerprint density at radius 3 is 1.44 bits per heavy atom. The molecule has 0 aromatic rings. The lowest BCUT2D eigenvalue weighted by atomic mass is 10.1. The molecule has 0 aromatic heterocycles. The monoisotopic (exact) mass is 795 g/mol. The Balaban J connectivity index is 4.44. The summed E-state index contributed by atoms with van der Waals surface area (Å²) in [5.74, 6) is -1.00. The number of ether oxygens (including phenoxy) is 2. The van der Waals surface area contributed by atoms with Crippen LogP contribution in [0.3, 0.4) is 0 Å². The number of hydrogen-bond acceptors (Lipinski definition) is 9. The van der Waals surface area contributed by atoms with Gasteiger partial charge in [0.25, 0.3) is 0 Å². The molecule has 0 aliphatic carbocycles. The Labute approximate surface area is 333 Å². The lowest BCUT2D eigenvalue weighted by molar-refractivity contribution is -0.161. The average molecular weight is 795 g/mol. The minimum absolute atomic E-state index is 0.126. The number of phosphoric acid groups is 1. The van der Waals surface area contributed by atoms with Gasteiger partial charge >= 0.3 is 19.8 Å². The zero-order valence-corrected chi connectivity index (χ0v) is 35.0. The summed E-state index contributed by atoms with van der Waals surface area (Å²) in [6.07, 6.45) is 44.4. The van der Waals surface area contributed by atoms with Crippen molar-refractivity contribution in [3.05, 3.63) is 72.9 Å². The minimum atomic E-state index is -4.64. The molecule has 0 saturated heterocycles. The predicted octanol–water partition coefficient (Wildman–Crippen LogP) is 10.9. The van der Waals surface area contributed by atoms with Gasteiger partial charge in [-0.25, -0.2) is 4.57 Å². The highest BCUT2D eigenvalue weighted by atomic mass is 31.2. The molecular formula is C44H75O10P. The molecule has 11 heteroatoms. The van der Waals surface area contributed by atoms with Gasteiger partial charge in [0.15, 0.2) is 6.10 Å². The molecule has 3 atom stereocenters. The molecule has 10 nitrogen and oxygen atoms in total. The van der Waals surface area contributed by atoms with Crippen molar-refractivity contribution in [3.63, 3.8) is 0 Å². The van der Waals surface area contributed by atoms with Crippen LogP contribution in [0.5, 0.6) is 0 Å².